The molecule has 3 N–H and O–H groups in total. The molecule has 5 rings (SSSR count). The molecule has 0 saturated heterocycles. The monoisotopic (exact) mass is 596 g/mol. The fourth-order valence-corrected chi connectivity index (χ4v) is 5.41. The van der Waals surface area contributed by atoms with Crippen molar-refractivity contribution in [1.29, 1.82) is 0 Å². The van der Waals surface area contributed by atoms with E-state index < -0.39 is 12.1 Å². The molecule has 1 aliphatic rings. The van der Waals surface area contributed by atoms with Crippen molar-refractivity contribution >= 4 is 46.5 Å². The standard InChI is InChI=1S/C35H33ClN2O5/c1-22(21-39)28-8-2-3-11-32(28)43-33(20-37-34(40)29-9-5-10-30(29)35(41)42)25-7-4-6-23(18-25)12-16-27-17-14-24-13-15-26(36)19-31(24)38-27/h2-4,6-8,11-19,22,33,39H,5,9-10,20-21H2,1H3,(H,37,40)(H,41,42). The Labute approximate surface area is 255 Å². The molecule has 7 nitrogen and oxygen atoms in total. The molecule has 8 heteroatoms. The molecular weight excluding hydrogens is 564 g/mol. The summed E-state index contributed by atoms with van der Waals surface area (Å²) in [5, 5.41) is 23.9. The second-order valence-electron chi connectivity index (χ2n) is 10.6. The Hall–Kier alpha value is -4.46. The molecule has 0 bridgehead atoms. The maximum atomic E-state index is 13.1. The minimum Gasteiger partial charge on any atom is -0.484 e. The molecule has 0 radical (unpaired) electrons. The predicted molar refractivity (Wildman–Crippen MR) is 169 cm³/mol. The number of hydrogen-bond acceptors (Lipinski definition) is 5. The predicted octanol–water partition coefficient (Wildman–Crippen LogP) is 6.96. The number of carbonyl (C=O) groups excluding carboxylic acids is 1. The summed E-state index contributed by atoms with van der Waals surface area (Å²) in [6.07, 6.45) is 4.77. The highest BCUT2D eigenvalue weighted by Crippen LogP contribution is 2.31. The van der Waals surface area contributed by atoms with Crippen molar-refractivity contribution in [2.45, 2.75) is 38.2 Å². The molecular formula is C35H33ClN2O5. The zero-order chi connectivity index (χ0) is 30.3. The number of aromatic nitrogens is 1. The lowest BCUT2D eigenvalue weighted by molar-refractivity contribution is -0.133. The second kappa shape index (κ2) is 13.7. The van der Waals surface area contributed by atoms with Crippen LogP contribution < -0.4 is 10.1 Å². The molecule has 2 unspecified atom stereocenters. The van der Waals surface area contributed by atoms with Crippen molar-refractivity contribution in [3.8, 4) is 5.75 Å². The van der Waals surface area contributed by atoms with E-state index in [9.17, 15) is 19.8 Å². The number of carboxylic acids is 1. The van der Waals surface area contributed by atoms with Gasteiger partial charge < -0.3 is 20.3 Å². The smallest absolute Gasteiger partial charge is 0.332 e. The number of aliphatic carboxylic acids is 1. The van der Waals surface area contributed by atoms with Crippen LogP contribution in [0.2, 0.25) is 5.02 Å². The van der Waals surface area contributed by atoms with Crippen molar-refractivity contribution in [1.82, 2.24) is 10.3 Å². The van der Waals surface area contributed by atoms with Gasteiger partial charge >= 0.3 is 5.97 Å². The first-order valence-electron chi connectivity index (χ1n) is 14.3. The Morgan fingerprint density at radius 1 is 1.00 bits per heavy atom. The number of nitrogens with one attached hydrogen (secondary N) is 1. The summed E-state index contributed by atoms with van der Waals surface area (Å²) in [4.78, 5) is 29.4. The number of carboxylic acid groups (broad SMARTS) is 1. The van der Waals surface area contributed by atoms with Gasteiger partial charge in [-0.05, 0) is 72.4 Å². The molecule has 1 aliphatic carbocycles. The average molecular weight is 597 g/mol. The van der Waals surface area contributed by atoms with Crippen molar-refractivity contribution in [2.75, 3.05) is 13.2 Å². The van der Waals surface area contributed by atoms with Crippen LogP contribution in [0.4, 0.5) is 0 Å². The number of ether oxygens (including phenoxy) is 1. The van der Waals surface area contributed by atoms with Gasteiger partial charge in [-0.25, -0.2) is 9.78 Å². The van der Waals surface area contributed by atoms with Crippen molar-refractivity contribution in [2.24, 2.45) is 0 Å². The number of halogens is 1. The van der Waals surface area contributed by atoms with E-state index in [1.165, 1.54) is 0 Å². The van der Waals surface area contributed by atoms with Gasteiger partial charge in [-0.3, -0.25) is 4.79 Å². The number of aliphatic hydroxyl groups is 1. The van der Waals surface area contributed by atoms with E-state index in [0.717, 1.165) is 33.3 Å². The van der Waals surface area contributed by atoms with Crippen LogP contribution in [0, 0.1) is 0 Å². The van der Waals surface area contributed by atoms with E-state index >= 15 is 0 Å². The first-order chi connectivity index (χ1) is 20.8. The lowest BCUT2D eigenvalue weighted by Crippen LogP contribution is -2.32. The number of aliphatic hydroxyl groups excluding tert-OH is 1. The zero-order valence-electron chi connectivity index (χ0n) is 23.8. The van der Waals surface area contributed by atoms with E-state index in [1.54, 1.807) is 0 Å². The van der Waals surface area contributed by atoms with E-state index in [0.29, 0.717) is 35.6 Å². The van der Waals surface area contributed by atoms with E-state index in [1.807, 2.05) is 97.9 Å². The van der Waals surface area contributed by atoms with E-state index in [2.05, 4.69) is 5.32 Å². The van der Waals surface area contributed by atoms with Crippen molar-refractivity contribution < 1.29 is 24.5 Å². The third kappa shape index (κ3) is 7.31. The summed E-state index contributed by atoms with van der Waals surface area (Å²) in [5.41, 5.74) is 4.68. The highest BCUT2D eigenvalue weighted by Gasteiger charge is 2.26. The topological polar surface area (TPSA) is 109 Å². The summed E-state index contributed by atoms with van der Waals surface area (Å²) in [5.74, 6) is -0.980. The molecule has 1 heterocycles. The number of hydrogen-bond donors (Lipinski definition) is 3. The number of benzene rings is 3. The Bertz CT molecular complexity index is 1710. The molecule has 1 aromatic heterocycles. The van der Waals surface area contributed by atoms with Gasteiger partial charge in [0.1, 0.15) is 11.9 Å². The van der Waals surface area contributed by atoms with Crippen LogP contribution >= 0.6 is 11.6 Å². The molecule has 0 fully saturated rings. The Morgan fingerprint density at radius 2 is 1.79 bits per heavy atom. The fourth-order valence-electron chi connectivity index (χ4n) is 5.24. The van der Waals surface area contributed by atoms with Crippen LogP contribution in [-0.4, -0.2) is 40.2 Å². The van der Waals surface area contributed by atoms with Crippen LogP contribution in [-0.2, 0) is 9.59 Å². The van der Waals surface area contributed by atoms with Crippen LogP contribution in [0.1, 0.15) is 60.6 Å². The van der Waals surface area contributed by atoms with Crippen molar-refractivity contribution in [3.05, 3.63) is 117 Å². The van der Waals surface area contributed by atoms with Gasteiger partial charge in [0.15, 0.2) is 0 Å². The van der Waals surface area contributed by atoms with E-state index in [-0.39, 0.29) is 30.5 Å². The highest BCUT2D eigenvalue weighted by molar-refractivity contribution is 6.31. The van der Waals surface area contributed by atoms with Gasteiger partial charge in [-0.15, -0.1) is 0 Å². The van der Waals surface area contributed by atoms with Gasteiger partial charge in [0.2, 0.25) is 5.91 Å². The Balaban J connectivity index is 1.42. The molecule has 3 aromatic carbocycles. The SMILES string of the molecule is CC(CO)c1ccccc1OC(CNC(=O)C1=C(C(=O)O)CCC1)c1cccc(C=Cc2ccc3ccc(Cl)cc3n2)c1. The quantitative estimate of drug-likeness (QED) is 0.173. The van der Waals surface area contributed by atoms with Gasteiger partial charge in [0.05, 0.1) is 17.8 Å². The minimum atomic E-state index is -1.05. The van der Waals surface area contributed by atoms with Crippen LogP contribution in [0.15, 0.2) is 90.0 Å². The minimum absolute atomic E-state index is 0.0385. The Kier molecular flexibility index (Phi) is 9.55. The van der Waals surface area contributed by atoms with Gasteiger partial charge in [-0.1, -0.05) is 73.1 Å². The third-order valence-corrected chi connectivity index (χ3v) is 7.83. The number of para-hydroxylation sites is 1. The number of carbonyl (C=O) groups is 2. The number of fused-ring (bicyclic) bond motifs is 1. The molecule has 220 valence electrons. The molecule has 1 amide bonds. The summed E-state index contributed by atoms with van der Waals surface area (Å²) < 4.78 is 6.51. The lowest BCUT2D eigenvalue weighted by Gasteiger charge is -2.24. The van der Waals surface area contributed by atoms with Crippen LogP contribution in [0.25, 0.3) is 23.1 Å². The first-order valence-corrected chi connectivity index (χ1v) is 14.6. The summed E-state index contributed by atoms with van der Waals surface area (Å²) >= 11 is 6.15. The molecule has 43 heavy (non-hydrogen) atoms. The van der Waals surface area contributed by atoms with Crippen molar-refractivity contribution in [3.63, 3.8) is 0 Å². The second-order valence-corrected chi connectivity index (χ2v) is 11.1. The normalized spacial score (nSPS) is 14.7. The van der Waals surface area contributed by atoms with Gasteiger partial charge in [-0.2, -0.15) is 0 Å². The van der Waals surface area contributed by atoms with Gasteiger partial charge in [0, 0.05) is 34.1 Å². The zero-order valence-corrected chi connectivity index (χ0v) is 24.6. The molecule has 0 spiro atoms. The maximum absolute atomic E-state index is 13.1. The third-order valence-electron chi connectivity index (χ3n) is 7.60. The van der Waals surface area contributed by atoms with Gasteiger partial charge in [0.25, 0.3) is 0 Å². The summed E-state index contributed by atoms with van der Waals surface area (Å²) in [7, 11) is 0. The molecule has 4 aromatic rings. The van der Waals surface area contributed by atoms with Crippen LogP contribution in [0.5, 0.6) is 5.75 Å². The summed E-state index contributed by atoms with van der Waals surface area (Å²) in [6, 6.07) is 24.9. The summed E-state index contributed by atoms with van der Waals surface area (Å²) in [6.45, 7) is 2.00. The highest BCUT2D eigenvalue weighted by atomic mass is 35.5. The lowest BCUT2D eigenvalue weighted by atomic mass is 10.0. The van der Waals surface area contributed by atoms with E-state index in [4.69, 9.17) is 21.3 Å². The fraction of sp³-hybridized carbons (Fsp3) is 0.229. The number of amides is 1. The van der Waals surface area contributed by atoms with Crippen LogP contribution in [0.3, 0.4) is 0 Å². The molecule has 2 atom stereocenters. The molecule has 0 aliphatic heterocycles. The number of pyridine rings is 1. The molecule has 0 saturated carbocycles. The number of nitrogens with zero attached hydrogens (tertiary/aromatic N) is 1. The maximum Gasteiger partial charge on any atom is 0.332 e. The number of rotatable bonds is 11. The largest absolute Gasteiger partial charge is 0.484 e. The average Bonchev–Trinajstić information content (AvgIpc) is 3.52. The first kappa shape index (κ1) is 30.0. The Morgan fingerprint density at radius 3 is 2.60 bits per heavy atom.